The molecule has 0 aliphatic heterocycles. The Morgan fingerprint density at radius 2 is 1.83 bits per heavy atom. The maximum Gasteiger partial charge on any atom is 0.257 e. The van der Waals surface area contributed by atoms with Crippen LogP contribution in [0.5, 0.6) is 11.6 Å². The Bertz CT molecular complexity index is 818. The normalized spacial score (nSPS) is 10.3. The first kappa shape index (κ1) is 22.7. The highest BCUT2D eigenvalue weighted by Gasteiger charge is 2.07. The Kier molecular flexibility index (Phi) is 9.49. The molecule has 0 radical (unpaired) electrons. The quantitative estimate of drug-likeness (QED) is 0.460. The second-order valence-electron chi connectivity index (χ2n) is 5.78. The van der Waals surface area contributed by atoms with Crippen LogP contribution in [0.1, 0.15) is 16.8 Å². The molecule has 0 unspecified atom stereocenters. The standard InChI is InChI=1S/C19H21Cl2N3O5/c20-15-4-3-14(10-16(15)21)29-12-17(26)22-6-1-7-23-19(27)13-2-5-18(24-11-13)28-9-8-25/h2-5,10-11,25H,1,6-9,12H2,(H,22,26)(H,23,27). The smallest absolute Gasteiger partial charge is 0.257 e. The summed E-state index contributed by atoms with van der Waals surface area (Å²) in [5, 5.41) is 14.9. The van der Waals surface area contributed by atoms with Crippen LogP contribution >= 0.6 is 23.2 Å². The molecule has 2 amide bonds. The summed E-state index contributed by atoms with van der Waals surface area (Å²) in [6.45, 7) is 0.650. The second kappa shape index (κ2) is 12.1. The van der Waals surface area contributed by atoms with E-state index in [2.05, 4.69) is 15.6 Å². The van der Waals surface area contributed by atoms with Gasteiger partial charge in [0.2, 0.25) is 5.88 Å². The number of ether oxygens (including phenoxy) is 2. The summed E-state index contributed by atoms with van der Waals surface area (Å²) in [5.41, 5.74) is 0.389. The van der Waals surface area contributed by atoms with Crippen LogP contribution in [0.3, 0.4) is 0 Å². The highest BCUT2D eigenvalue weighted by atomic mass is 35.5. The van der Waals surface area contributed by atoms with Crippen LogP contribution in [0, 0.1) is 0 Å². The summed E-state index contributed by atoms with van der Waals surface area (Å²) < 4.78 is 10.5. The van der Waals surface area contributed by atoms with Crippen molar-refractivity contribution in [1.29, 1.82) is 0 Å². The topological polar surface area (TPSA) is 110 Å². The highest BCUT2D eigenvalue weighted by Crippen LogP contribution is 2.26. The van der Waals surface area contributed by atoms with Gasteiger partial charge in [0.1, 0.15) is 12.4 Å². The van der Waals surface area contributed by atoms with Crippen LogP contribution in [-0.2, 0) is 4.79 Å². The van der Waals surface area contributed by atoms with Crippen molar-refractivity contribution in [1.82, 2.24) is 15.6 Å². The Morgan fingerprint density at radius 3 is 2.52 bits per heavy atom. The fourth-order valence-electron chi connectivity index (χ4n) is 2.14. The van der Waals surface area contributed by atoms with E-state index in [-0.39, 0.29) is 31.6 Å². The molecule has 0 aliphatic rings. The van der Waals surface area contributed by atoms with Crippen molar-refractivity contribution in [3.05, 3.63) is 52.1 Å². The van der Waals surface area contributed by atoms with Gasteiger partial charge in [-0.1, -0.05) is 23.2 Å². The molecule has 1 aromatic carbocycles. The van der Waals surface area contributed by atoms with Gasteiger partial charge in [0.25, 0.3) is 11.8 Å². The molecular formula is C19H21Cl2N3O5. The molecule has 2 rings (SSSR count). The van der Waals surface area contributed by atoms with Gasteiger partial charge in [-0.3, -0.25) is 9.59 Å². The first-order chi connectivity index (χ1) is 14.0. The van der Waals surface area contributed by atoms with Crippen molar-refractivity contribution < 1.29 is 24.2 Å². The number of hydrogen-bond donors (Lipinski definition) is 3. The van der Waals surface area contributed by atoms with Gasteiger partial charge in [-0.25, -0.2) is 4.98 Å². The molecule has 0 spiro atoms. The number of aliphatic hydroxyl groups excluding tert-OH is 1. The molecule has 8 nitrogen and oxygen atoms in total. The Balaban J connectivity index is 1.60. The minimum absolute atomic E-state index is 0.109. The van der Waals surface area contributed by atoms with E-state index in [0.29, 0.717) is 46.7 Å². The number of aromatic nitrogens is 1. The molecule has 0 saturated heterocycles. The van der Waals surface area contributed by atoms with Gasteiger partial charge in [0.15, 0.2) is 6.61 Å². The van der Waals surface area contributed by atoms with Gasteiger partial charge in [-0.2, -0.15) is 0 Å². The number of benzene rings is 1. The van der Waals surface area contributed by atoms with Crippen molar-refractivity contribution in [3.8, 4) is 11.6 Å². The van der Waals surface area contributed by atoms with E-state index in [9.17, 15) is 9.59 Å². The lowest BCUT2D eigenvalue weighted by molar-refractivity contribution is -0.123. The van der Waals surface area contributed by atoms with Crippen LogP contribution in [0.15, 0.2) is 36.5 Å². The summed E-state index contributed by atoms with van der Waals surface area (Å²) in [7, 11) is 0. The Morgan fingerprint density at radius 1 is 1.03 bits per heavy atom. The lowest BCUT2D eigenvalue weighted by Gasteiger charge is -2.09. The lowest BCUT2D eigenvalue weighted by atomic mass is 10.2. The van der Waals surface area contributed by atoms with Crippen LogP contribution in [0.4, 0.5) is 0 Å². The van der Waals surface area contributed by atoms with Crippen LogP contribution in [0.2, 0.25) is 10.0 Å². The third kappa shape index (κ3) is 8.15. The molecule has 1 heterocycles. The zero-order valence-electron chi connectivity index (χ0n) is 15.5. The second-order valence-corrected chi connectivity index (χ2v) is 6.60. The number of nitrogens with one attached hydrogen (secondary N) is 2. The molecule has 0 atom stereocenters. The molecule has 1 aromatic heterocycles. The van der Waals surface area contributed by atoms with Crippen molar-refractivity contribution in [2.24, 2.45) is 0 Å². The van der Waals surface area contributed by atoms with Crippen molar-refractivity contribution in [2.75, 3.05) is 32.9 Å². The molecule has 3 N–H and O–H groups in total. The number of amides is 2. The van der Waals surface area contributed by atoms with Gasteiger partial charge >= 0.3 is 0 Å². The molecule has 156 valence electrons. The van der Waals surface area contributed by atoms with E-state index in [1.807, 2.05) is 0 Å². The van der Waals surface area contributed by atoms with Gasteiger partial charge in [0, 0.05) is 31.4 Å². The molecule has 2 aromatic rings. The van der Waals surface area contributed by atoms with Gasteiger partial charge in [0.05, 0.1) is 22.2 Å². The maximum atomic E-state index is 12.0. The fourth-order valence-corrected chi connectivity index (χ4v) is 2.43. The van der Waals surface area contributed by atoms with E-state index in [0.717, 1.165) is 0 Å². The number of carbonyl (C=O) groups is 2. The van der Waals surface area contributed by atoms with Crippen molar-refractivity contribution in [3.63, 3.8) is 0 Å². The first-order valence-corrected chi connectivity index (χ1v) is 9.57. The SMILES string of the molecule is O=C(COc1ccc(Cl)c(Cl)c1)NCCCNC(=O)c1ccc(OCCO)nc1. The van der Waals surface area contributed by atoms with E-state index in [1.54, 1.807) is 24.3 Å². The minimum Gasteiger partial charge on any atom is -0.484 e. The third-order valence-electron chi connectivity index (χ3n) is 3.56. The number of halogens is 2. The van der Waals surface area contributed by atoms with E-state index in [4.69, 9.17) is 37.8 Å². The van der Waals surface area contributed by atoms with Gasteiger partial charge in [-0.15, -0.1) is 0 Å². The Hall–Kier alpha value is -2.55. The monoisotopic (exact) mass is 441 g/mol. The first-order valence-electron chi connectivity index (χ1n) is 8.82. The molecule has 0 saturated carbocycles. The zero-order chi connectivity index (χ0) is 21.1. The molecule has 29 heavy (non-hydrogen) atoms. The molecule has 0 fully saturated rings. The lowest BCUT2D eigenvalue weighted by Crippen LogP contribution is -2.32. The average Bonchev–Trinajstić information content (AvgIpc) is 2.73. The Labute approximate surface area is 178 Å². The number of rotatable bonds is 11. The fraction of sp³-hybridized carbons (Fsp3) is 0.316. The van der Waals surface area contributed by atoms with E-state index < -0.39 is 0 Å². The minimum atomic E-state index is -0.287. The number of nitrogens with zero attached hydrogens (tertiary/aromatic N) is 1. The summed E-state index contributed by atoms with van der Waals surface area (Å²) in [5.74, 6) is 0.218. The average molecular weight is 442 g/mol. The van der Waals surface area contributed by atoms with Gasteiger partial charge < -0.3 is 25.2 Å². The summed E-state index contributed by atoms with van der Waals surface area (Å²) >= 11 is 11.7. The predicted octanol–water partition coefficient (Wildman–Crippen LogP) is 2.07. The summed E-state index contributed by atoms with van der Waals surface area (Å²) in [4.78, 5) is 27.8. The number of aliphatic hydroxyl groups is 1. The van der Waals surface area contributed by atoms with Crippen molar-refractivity contribution in [2.45, 2.75) is 6.42 Å². The summed E-state index contributed by atoms with van der Waals surface area (Å²) in [6, 6.07) is 7.88. The van der Waals surface area contributed by atoms with Gasteiger partial charge in [-0.05, 0) is 24.6 Å². The molecular weight excluding hydrogens is 421 g/mol. The van der Waals surface area contributed by atoms with E-state index in [1.165, 1.54) is 12.3 Å². The highest BCUT2D eigenvalue weighted by molar-refractivity contribution is 6.42. The summed E-state index contributed by atoms with van der Waals surface area (Å²) in [6.07, 6.45) is 1.94. The largest absolute Gasteiger partial charge is 0.484 e. The molecule has 0 aliphatic carbocycles. The van der Waals surface area contributed by atoms with Crippen LogP contribution < -0.4 is 20.1 Å². The van der Waals surface area contributed by atoms with E-state index >= 15 is 0 Å². The number of pyridine rings is 1. The van der Waals surface area contributed by atoms with Crippen molar-refractivity contribution >= 4 is 35.0 Å². The zero-order valence-corrected chi connectivity index (χ0v) is 17.0. The number of hydrogen-bond acceptors (Lipinski definition) is 6. The molecule has 10 heteroatoms. The predicted molar refractivity (Wildman–Crippen MR) is 109 cm³/mol. The number of carbonyl (C=O) groups excluding carboxylic acids is 2. The maximum absolute atomic E-state index is 12.0. The van der Waals surface area contributed by atoms with Crippen LogP contribution in [0.25, 0.3) is 0 Å². The third-order valence-corrected chi connectivity index (χ3v) is 4.30. The van der Waals surface area contributed by atoms with Crippen LogP contribution in [-0.4, -0.2) is 54.8 Å². The molecule has 0 bridgehead atoms.